The second kappa shape index (κ2) is 7.70. The van der Waals surface area contributed by atoms with Gasteiger partial charge in [0.2, 0.25) is 5.91 Å². The van der Waals surface area contributed by atoms with Crippen LogP contribution in [0.3, 0.4) is 0 Å². The molecule has 1 fully saturated rings. The van der Waals surface area contributed by atoms with E-state index in [0.29, 0.717) is 19.5 Å². The summed E-state index contributed by atoms with van der Waals surface area (Å²) >= 11 is 3.53. The Morgan fingerprint density at radius 3 is 2.38 bits per heavy atom. The molecule has 0 aliphatic heterocycles. The van der Waals surface area contributed by atoms with Crippen molar-refractivity contribution in [1.82, 2.24) is 4.90 Å². The Morgan fingerprint density at radius 1 is 1.15 bits per heavy atom. The lowest BCUT2D eigenvalue weighted by atomic mass is 9.93. The second-order valence-electron chi connectivity index (χ2n) is 6.45. The minimum atomic E-state index is -0.615. The van der Waals surface area contributed by atoms with E-state index in [1.54, 1.807) is 7.11 Å². The lowest BCUT2D eigenvalue weighted by Crippen LogP contribution is -2.41. The number of carbonyl (C=O) groups is 1. The van der Waals surface area contributed by atoms with Crippen LogP contribution in [-0.4, -0.2) is 37.1 Å². The number of amides is 1. The van der Waals surface area contributed by atoms with Crippen molar-refractivity contribution in [1.29, 1.82) is 0 Å². The maximum atomic E-state index is 13.3. The highest BCUT2D eigenvalue weighted by molar-refractivity contribution is 9.10. The quantitative estimate of drug-likeness (QED) is 0.669. The molecule has 1 saturated carbocycles. The van der Waals surface area contributed by atoms with Crippen LogP contribution in [0.2, 0.25) is 0 Å². The highest BCUT2D eigenvalue weighted by Crippen LogP contribution is 2.52. The molecule has 26 heavy (non-hydrogen) atoms. The van der Waals surface area contributed by atoms with Crippen molar-refractivity contribution in [2.75, 3.05) is 20.2 Å². The zero-order valence-corrected chi connectivity index (χ0v) is 17.0. The highest BCUT2D eigenvalue weighted by atomic mass is 79.9. The average molecular weight is 418 g/mol. The maximum Gasteiger partial charge on any atom is 0.237 e. The van der Waals surface area contributed by atoms with E-state index in [9.17, 15) is 4.79 Å². The lowest BCUT2D eigenvalue weighted by Gasteiger charge is -2.26. The summed E-state index contributed by atoms with van der Waals surface area (Å²) in [6.07, 6.45) is 0.517. The lowest BCUT2D eigenvalue weighted by molar-refractivity contribution is -0.134. The van der Waals surface area contributed by atoms with E-state index in [-0.39, 0.29) is 12.0 Å². The third-order valence-corrected chi connectivity index (χ3v) is 5.50. The van der Waals surface area contributed by atoms with E-state index >= 15 is 0 Å². The molecule has 2 atom stereocenters. The Labute approximate surface area is 163 Å². The van der Waals surface area contributed by atoms with Gasteiger partial charge < -0.3 is 14.4 Å². The van der Waals surface area contributed by atoms with Crippen LogP contribution in [0.5, 0.6) is 11.5 Å². The molecule has 2 aromatic rings. The molecule has 0 heterocycles. The van der Waals surface area contributed by atoms with Crippen LogP contribution in [0.15, 0.2) is 53.0 Å². The summed E-state index contributed by atoms with van der Waals surface area (Å²) < 4.78 is 12.3. The van der Waals surface area contributed by atoms with Gasteiger partial charge >= 0.3 is 0 Å². The SMILES string of the molecule is CCN(CC)C(=O)[C@]1(c2cccc(Br)c2)C[C@@H]1Oc1ccc(OC)cc1. The first-order valence-electron chi connectivity index (χ1n) is 8.91. The highest BCUT2D eigenvalue weighted by Gasteiger charge is 2.64. The molecular formula is C21H24BrNO3. The summed E-state index contributed by atoms with van der Waals surface area (Å²) in [5.74, 6) is 1.67. The Hall–Kier alpha value is -2.01. The zero-order chi connectivity index (χ0) is 18.7. The van der Waals surface area contributed by atoms with Crippen LogP contribution < -0.4 is 9.47 Å². The average Bonchev–Trinajstić information content (AvgIpc) is 3.38. The van der Waals surface area contributed by atoms with Crippen molar-refractivity contribution < 1.29 is 14.3 Å². The number of nitrogens with zero attached hydrogens (tertiary/aromatic N) is 1. The van der Waals surface area contributed by atoms with E-state index in [0.717, 1.165) is 21.5 Å². The van der Waals surface area contributed by atoms with Crippen molar-refractivity contribution >= 4 is 21.8 Å². The summed E-state index contributed by atoms with van der Waals surface area (Å²) in [6, 6.07) is 15.5. The van der Waals surface area contributed by atoms with E-state index in [1.165, 1.54) is 0 Å². The summed E-state index contributed by atoms with van der Waals surface area (Å²) in [4.78, 5) is 15.2. The van der Waals surface area contributed by atoms with E-state index in [1.807, 2.05) is 67.3 Å². The molecule has 3 rings (SSSR count). The van der Waals surface area contributed by atoms with Crippen molar-refractivity contribution in [2.45, 2.75) is 31.8 Å². The van der Waals surface area contributed by atoms with Crippen molar-refractivity contribution in [2.24, 2.45) is 0 Å². The van der Waals surface area contributed by atoms with Crippen molar-refractivity contribution in [3.05, 3.63) is 58.6 Å². The molecule has 0 unspecified atom stereocenters. The summed E-state index contributed by atoms with van der Waals surface area (Å²) in [7, 11) is 1.64. The number of halogens is 1. The van der Waals surface area contributed by atoms with Crippen LogP contribution in [0.25, 0.3) is 0 Å². The van der Waals surface area contributed by atoms with Gasteiger partial charge in [-0.2, -0.15) is 0 Å². The molecule has 5 heteroatoms. The Morgan fingerprint density at radius 2 is 1.81 bits per heavy atom. The molecule has 4 nitrogen and oxygen atoms in total. The minimum absolute atomic E-state index is 0.138. The Kier molecular flexibility index (Phi) is 5.56. The summed E-state index contributed by atoms with van der Waals surface area (Å²) in [6.45, 7) is 5.41. The van der Waals surface area contributed by atoms with Gasteiger partial charge in [0.05, 0.1) is 7.11 Å². The van der Waals surface area contributed by atoms with Crippen LogP contribution in [0.1, 0.15) is 25.8 Å². The molecule has 1 amide bonds. The molecule has 2 aromatic carbocycles. The maximum absolute atomic E-state index is 13.3. The zero-order valence-electron chi connectivity index (χ0n) is 15.4. The predicted molar refractivity (Wildman–Crippen MR) is 106 cm³/mol. The molecule has 0 aromatic heterocycles. The fourth-order valence-corrected chi connectivity index (χ4v) is 3.80. The topological polar surface area (TPSA) is 38.8 Å². The molecule has 0 radical (unpaired) electrons. The van der Waals surface area contributed by atoms with Gasteiger partial charge in [-0.25, -0.2) is 0 Å². The molecule has 0 N–H and O–H groups in total. The molecule has 0 bridgehead atoms. The summed E-state index contributed by atoms with van der Waals surface area (Å²) in [5, 5.41) is 0. The molecule has 1 aliphatic carbocycles. The number of hydrogen-bond acceptors (Lipinski definition) is 3. The van der Waals surface area contributed by atoms with Gasteiger partial charge in [-0.3, -0.25) is 4.79 Å². The number of hydrogen-bond donors (Lipinski definition) is 0. The fraction of sp³-hybridized carbons (Fsp3) is 0.381. The molecular weight excluding hydrogens is 394 g/mol. The minimum Gasteiger partial charge on any atom is -0.497 e. The van der Waals surface area contributed by atoms with Crippen LogP contribution in [0.4, 0.5) is 0 Å². The molecule has 138 valence electrons. The van der Waals surface area contributed by atoms with Gasteiger partial charge in [0.15, 0.2) is 0 Å². The molecule has 1 aliphatic rings. The van der Waals surface area contributed by atoms with Gasteiger partial charge in [-0.1, -0.05) is 28.1 Å². The smallest absolute Gasteiger partial charge is 0.237 e. The first kappa shape index (κ1) is 18.8. The van der Waals surface area contributed by atoms with Crippen LogP contribution in [0, 0.1) is 0 Å². The van der Waals surface area contributed by atoms with Crippen LogP contribution >= 0.6 is 15.9 Å². The first-order chi connectivity index (χ1) is 12.5. The van der Waals surface area contributed by atoms with Crippen LogP contribution in [-0.2, 0) is 10.2 Å². The van der Waals surface area contributed by atoms with Crippen molar-refractivity contribution in [3.8, 4) is 11.5 Å². The first-order valence-corrected chi connectivity index (χ1v) is 9.70. The van der Waals surface area contributed by atoms with Gasteiger partial charge in [0, 0.05) is 24.0 Å². The third kappa shape index (κ3) is 3.45. The Balaban J connectivity index is 1.89. The number of carbonyl (C=O) groups excluding carboxylic acids is 1. The number of ether oxygens (including phenoxy) is 2. The monoisotopic (exact) mass is 417 g/mol. The van der Waals surface area contributed by atoms with E-state index < -0.39 is 5.41 Å². The third-order valence-electron chi connectivity index (χ3n) is 5.01. The number of methoxy groups -OCH3 is 1. The molecule has 0 saturated heterocycles. The van der Waals surface area contributed by atoms with Gasteiger partial charge in [-0.05, 0) is 55.8 Å². The van der Waals surface area contributed by atoms with E-state index in [2.05, 4.69) is 15.9 Å². The normalized spacial score (nSPS) is 21.2. The largest absolute Gasteiger partial charge is 0.497 e. The van der Waals surface area contributed by atoms with E-state index in [4.69, 9.17) is 9.47 Å². The van der Waals surface area contributed by atoms with Gasteiger partial charge in [-0.15, -0.1) is 0 Å². The number of benzene rings is 2. The number of rotatable bonds is 7. The fourth-order valence-electron chi connectivity index (χ4n) is 3.41. The Bertz CT molecular complexity index is 773. The standard InChI is InChI=1S/C21H24BrNO3/c1-4-23(5-2)20(24)21(15-7-6-8-16(22)13-15)14-19(21)26-18-11-9-17(25-3)10-12-18/h6-13,19H,4-5,14H2,1-3H3/t19-,21-/m0/s1. The second-order valence-corrected chi connectivity index (χ2v) is 7.36. The summed E-state index contributed by atoms with van der Waals surface area (Å²) in [5.41, 5.74) is 0.387. The molecule has 0 spiro atoms. The van der Waals surface area contributed by atoms with Gasteiger partial charge in [0.1, 0.15) is 23.0 Å². The van der Waals surface area contributed by atoms with Crippen molar-refractivity contribution in [3.63, 3.8) is 0 Å². The number of likely N-dealkylation sites (N-methyl/N-ethyl adjacent to an activating group) is 1. The van der Waals surface area contributed by atoms with Gasteiger partial charge in [0.25, 0.3) is 0 Å². The predicted octanol–water partition coefficient (Wildman–Crippen LogP) is 4.42.